The van der Waals surface area contributed by atoms with Gasteiger partial charge in [-0.15, -0.1) is 0 Å². The third-order valence-corrected chi connectivity index (χ3v) is 4.03. The Morgan fingerprint density at radius 2 is 2.00 bits per heavy atom. The van der Waals surface area contributed by atoms with Crippen LogP contribution < -0.4 is 5.73 Å². The number of hydrogen-bond donors (Lipinski definition) is 1. The van der Waals surface area contributed by atoms with Crippen LogP contribution in [0.25, 0.3) is 0 Å². The first-order valence-corrected chi connectivity index (χ1v) is 6.39. The van der Waals surface area contributed by atoms with Gasteiger partial charge >= 0.3 is 0 Å². The third kappa shape index (κ3) is 2.63. The Balaban J connectivity index is 1.76. The maximum absolute atomic E-state index is 11.9. The van der Waals surface area contributed by atoms with E-state index in [0.29, 0.717) is 19.5 Å². The lowest BCUT2D eigenvalue weighted by Gasteiger charge is -2.29. The standard InChI is InChI=1S/C13H18N3O2/c14-9-10-2-7-16(8-3-10)11(17)1-4-13(5-6-13)12(15)18/h1,10H,2-8H2,(H2,15,18). The Hall–Kier alpha value is -1.57. The number of nitrogens with zero attached hydrogens (tertiary/aromatic N) is 2. The Morgan fingerprint density at radius 1 is 1.39 bits per heavy atom. The Kier molecular flexibility index (Phi) is 3.55. The van der Waals surface area contributed by atoms with Gasteiger partial charge in [-0.3, -0.25) is 9.59 Å². The summed E-state index contributed by atoms with van der Waals surface area (Å²) in [6.07, 6.45) is 5.13. The van der Waals surface area contributed by atoms with Crippen molar-refractivity contribution in [3.63, 3.8) is 0 Å². The Morgan fingerprint density at radius 3 is 2.44 bits per heavy atom. The highest BCUT2D eigenvalue weighted by molar-refractivity contribution is 5.88. The lowest BCUT2D eigenvalue weighted by atomic mass is 9.96. The molecule has 0 aromatic rings. The zero-order chi connectivity index (χ0) is 13.2. The van der Waals surface area contributed by atoms with Crippen LogP contribution in [0, 0.1) is 29.1 Å². The first-order chi connectivity index (χ1) is 8.57. The molecule has 2 rings (SSSR count). The van der Waals surface area contributed by atoms with Crippen LogP contribution in [0.4, 0.5) is 0 Å². The molecule has 0 atom stereocenters. The molecule has 1 radical (unpaired) electrons. The van der Waals surface area contributed by atoms with Gasteiger partial charge in [-0.05, 0) is 32.1 Å². The van der Waals surface area contributed by atoms with Crippen LogP contribution in [0.15, 0.2) is 0 Å². The van der Waals surface area contributed by atoms with Gasteiger partial charge in [0.25, 0.3) is 0 Å². The smallest absolute Gasteiger partial charge is 0.226 e. The van der Waals surface area contributed by atoms with Crippen LogP contribution in [-0.2, 0) is 9.59 Å². The van der Waals surface area contributed by atoms with E-state index in [4.69, 9.17) is 11.0 Å². The molecule has 1 saturated carbocycles. The summed E-state index contributed by atoms with van der Waals surface area (Å²) in [5.41, 5.74) is 4.87. The predicted molar refractivity (Wildman–Crippen MR) is 64.7 cm³/mol. The largest absolute Gasteiger partial charge is 0.369 e. The van der Waals surface area contributed by atoms with Crippen molar-refractivity contribution in [2.45, 2.75) is 32.1 Å². The lowest BCUT2D eigenvalue weighted by molar-refractivity contribution is -0.129. The second-order valence-corrected chi connectivity index (χ2v) is 5.28. The summed E-state index contributed by atoms with van der Waals surface area (Å²) in [4.78, 5) is 24.9. The average Bonchev–Trinajstić information content (AvgIpc) is 3.17. The molecule has 0 aromatic carbocycles. The molecule has 1 saturated heterocycles. The number of nitriles is 1. The molecular weight excluding hydrogens is 230 g/mol. The Bertz CT molecular complexity index is 388. The van der Waals surface area contributed by atoms with E-state index in [0.717, 1.165) is 25.7 Å². The van der Waals surface area contributed by atoms with Crippen LogP contribution in [0.3, 0.4) is 0 Å². The number of nitrogens with two attached hydrogens (primary N) is 1. The quantitative estimate of drug-likeness (QED) is 0.790. The van der Waals surface area contributed by atoms with Crippen LogP contribution in [0.5, 0.6) is 0 Å². The number of amides is 2. The maximum atomic E-state index is 11.9. The third-order valence-electron chi connectivity index (χ3n) is 4.03. The normalized spacial score (nSPS) is 22.3. The highest BCUT2D eigenvalue weighted by Gasteiger charge is 2.48. The number of likely N-dealkylation sites (tertiary alicyclic amines) is 1. The Labute approximate surface area is 107 Å². The molecule has 2 fully saturated rings. The molecule has 0 bridgehead atoms. The summed E-state index contributed by atoms with van der Waals surface area (Å²) in [5.74, 6) is -0.247. The van der Waals surface area contributed by atoms with E-state index >= 15 is 0 Å². The number of hydrogen-bond acceptors (Lipinski definition) is 3. The summed E-state index contributed by atoms with van der Waals surface area (Å²) < 4.78 is 0. The van der Waals surface area contributed by atoms with E-state index < -0.39 is 5.41 Å². The molecule has 1 aliphatic carbocycles. The molecule has 18 heavy (non-hydrogen) atoms. The highest BCUT2D eigenvalue weighted by Crippen LogP contribution is 2.49. The van der Waals surface area contributed by atoms with E-state index in [-0.39, 0.29) is 17.7 Å². The van der Waals surface area contributed by atoms with Gasteiger partial charge in [0.05, 0.1) is 12.5 Å². The second-order valence-electron chi connectivity index (χ2n) is 5.28. The molecule has 2 amide bonds. The predicted octanol–water partition coefficient (Wildman–Crippen LogP) is 0.608. The van der Waals surface area contributed by atoms with Crippen molar-refractivity contribution in [3.05, 3.63) is 6.42 Å². The average molecular weight is 248 g/mol. The van der Waals surface area contributed by atoms with Crippen LogP contribution in [0.2, 0.25) is 0 Å². The van der Waals surface area contributed by atoms with E-state index in [1.807, 2.05) is 0 Å². The zero-order valence-electron chi connectivity index (χ0n) is 10.4. The van der Waals surface area contributed by atoms with Gasteiger partial charge in [0, 0.05) is 24.4 Å². The monoisotopic (exact) mass is 248 g/mol. The highest BCUT2D eigenvalue weighted by atomic mass is 16.2. The molecule has 5 nitrogen and oxygen atoms in total. The van der Waals surface area contributed by atoms with Crippen molar-refractivity contribution in [2.24, 2.45) is 17.1 Å². The minimum Gasteiger partial charge on any atom is -0.369 e. The van der Waals surface area contributed by atoms with Crippen LogP contribution >= 0.6 is 0 Å². The number of primary amides is 1. The number of rotatable bonds is 4. The fourth-order valence-corrected chi connectivity index (χ4v) is 2.34. The molecule has 1 aliphatic heterocycles. The van der Waals surface area contributed by atoms with E-state index in [1.54, 1.807) is 11.3 Å². The fourth-order valence-electron chi connectivity index (χ4n) is 2.34. The zero-order valence-corrected chi connectivity index (χ0v) is 10.4. The molecular formula is C13H18N3O2. The number of piperidine rings is 1. The van der Waals surface area contributed by atoms with Crippen molar-refractivity contribution in [1.82, 2.24) is 4.90 Å². The van der Waals surface area contributed by atoms with Crippen LogP contribution in [-0.4, -0.2) is 29.8 Å². The van der Waals surface area contributed by atoms with E-state index in [1.165, 1.54) is 0 Å². The molecule has 2 N–H and O–H groups in total. The van der Waals surface area contributed by atoms with Gasteiger partial charge in [0.2, 0.25) is 11.8 Å². The first-order valence-electron chi connectivity index (χ1n) is 6.39. The topological polar surface area (TPSA) is 87.2 Å². The molecule has 1 heterocycles. The van der Waals surface area contributed by atoms with Gasteiger partial charge in [-0.25, -0.2) is 0 Å². The minimum absolute atomic E-state index is 0.0288. The van der Waals surface area contributed by atoms with Gasteiger partial charge in [0.1, 0.15) is 0 Å². The van der Waals surface area contributed by atoms with Gasteiger partial charge in [-0.1, -0.05) is 0 Å². The second kappa shape index (κ2) is 4.97. The van der Waals surface area contributed by atoms with Crippen molar-refractivity contribution in [1.29, 1.82) is 5.26 Å². The molecule has 0 unspecified atom stereocenters. The maximum Gasteiger partial charge on any atom is 0.226 e. The SMILES string of the molecule is N#CC1CCN(C(=O)[CH]CC2(C(N)=O)CC2)CC1. The van der Waals surface area contributed by atoms with Crippen molar-refractivity contribution in [2.75, 3.05) is 13.1 Å². The van der Waals surface area contributed by atoms with Crippen molar-refractivity contribution < 1.29 is 9.59 Å². The van der Waals surface area contributed by atoms with E-state index in [2.05, 4.69) is 6.07 Å². The summed E-state index contributed by atoms with van der Waals surface area (Å²) in [5, 5.41) is 8.78. The molecule has 5 heteroatoms. The lowest BCUT2D eigenvalue weighted by Crippen LogP contribution is -2.39. The van der Waals surface area contributed by atoms with Gasteiger partial charge in [0.15, 0.2) is 0 Å². The van der Waals surface area contributed by atoms with Gasteiger partial charge < -0.3 is 10.6 Å². The summed E-state index contributed by atoms with van der Waals surface area (Å²) in [6.45, 7) is 1.27. The molecule has 0 spiro atoms. The summed E-state index contributed by atoms with van der Waals surface area (Å²) in [6, 6.07) is 2.24. The van der Waals surface area contributed by atoms with Crippen molar-refractivity contribution >= 4 is 11.8 Å². The van der Waals surface area contributed by atoms with Crippen LogP contribution in [0.1, 0.15) is 32.1 Å². The molecule has 97 valence electrons. The number of carbonyl (C=O) groups excluding carboxylic acids is 2. The van der Waals surface area contributed by atoms with Gasteiger partial charge in [-0.2, -0.15) is 5.26 Å². The van der Waals surface area contributed by atoms with Crippen molar-refractivity contribution in [3.8, 4) is 6.07 Å². The first kappa shape index (κ1) is 12.9. The molecule has 2 aliphatic rings. The van der Waals surface area contributed by atoms with E-state index in [9.17, 15) is 9.59 Å². The molecule has 0 aromatic heterocycles. The summed E-state index contributed by atoms with van der Waals surface area (Å²) >= 11 is 0. The number of carbonyl (C=O) groups is 2. The summed E-state index contributed by atoms with van der Waals surface area (Å²) in [7, 11) is 0. The minimum atomic E-state index is -0.444. The fraction of sp³-hybridized carbons (Fsp3) is 0.692.